The Kier molecular flexibility index (Phi) is 6.28. The summed E-state index contributed by atoms with van der Waals surface area (Å²) in [5.41, 5.74) is 1.92. The summed E-state index contributed by atoms with van der Waals surface area (Å²) >= 11 is 5.89. The third-order valence-corrected chi connectivity index (χ3v) is 6.79. The number of para-hydroxylation sites is 1. The molecule has 2 aliphatic rings. The number of ether oxygens (including phenoxy) is 1. The molecule has 8 heteroatoms. The molecular formula is C25H29N5O2S. The molecule has 1 aromatic heterocycles. The maximum absolute atomic E-state index is 12.4. The van der Waals surface area contributed by atoms with Gasteiger partial charge in [0.05, 0.1) is 13.8 Å². The number of benzene rings is 2. The third-order valence-electron chi connectivity index (χ3n) is 6.40. The number of carbonyl (C=O) groups excluding carboxylic acids is 1. The number of nitrogens with zero attached hydrogens (tertiary/aromatic N) is 4. The highest BCUT2D eigenvalue weighted by Crippen LogP contribution is 2.27. The van der Waals surface area contributed by atoms with Crippen LogP contribution in [0.5, 0.6) is 5.75 Å². The van der Waals surface area contributed by atoms with Crippen molar-refractivity contribution in [1.82, 2.24) is 24.6 Å². The molecule has 1 amide bonds. The number of methoxy groups -OCH3 is 1. The van der Waals surface area contributed by atoms with E-state index in [1.165, 1.54) is 0 Å². The van der Waals surface area contributed by atoms with E-state index in [-0.39, 0.29) is 11.8 Å². The lowest BCUT2D eigenvalue weighted by Crippen LogP contribution is -2.41. The zero-order valence-electron chi connectivity index (χ0n) is 18.8. The van der Waals surface area contributed by atoms with Crippen LogP contribution in [0.4, 0.5) is 0 Å². The largest absolute Gasteiger partial charge is 0.497 e. The Labute approximate surface area is 199 Å². The van der Waals surface area contributed by atoms with E-state index < -0.39 is 0 Å². The molecule has 1 aliphatic heterocycles. The van der Waals surface area contributed by atoms with Crippen LogP contribution in [-0.2, 0) is 11.5 Å². The standard InChI is InChI=1S/C25H29N5O2S/c1-32-22-9-5-6-19(16-22)23-27-29(25(33)30(23)21-7-3-2-4-8-21)17-28-14-12-18(13-15-28)24(31)26-20-10-11-20/h2-9,16,18,20H,10-15,17H2,1H3,(H,26,31). The van der Waals surface area contributed by atoms with Crippen LogP contribution < -0.4 is 10.1 Å². The monoisotopic (exact) mass is 463 g/mol. The minimum Gasteiger partial charge on any atom is -0.497 e. The van der Waals surface area contributed by atoms with Gasteiger partial charge in [0.25, 0.3) is 0 Å². The van der Waals surface area contributed by atoms with Gasteiger partial charge in [-0.3, -0.25) is 14.3 Å². The fourth-order valence-electron chi connectivity index (χ4n) is 4.33. The van der Waals surface area contributed by atoms with Crippen LogP contribution >= 0.6 is 12.2 Å². The number of hydrogen-bond acceptors (Lipinski definition) is 5. The maximum atomic E-state index is 12.4. The molecule has 1 saturated heterocycles. The summed E-state index contributed by atoms with van der Waals surface area (Å²) in [5.74, 6) is 1.90. The van der Waals surface area contributed by atoms with Crippen molar-refractivity contribution in [2.75, 3.05) is 20.2 Å². The maximum Gasteiger partial charge on any atom is 0.223 e. The molecule has 5 rings (SSSR count). The van der Waals surface area contributed by atoms with Crippen LogP contribution in [0.15, 0.2) is 54.6 Å². The summed E-state index contributed by atoms with van der Waals surface area (Å²) in [6, 6.07) is 18.4. The first-order valence-corrected chi connectivity index (χ1v) is 12.0. The van der Waals surface area contributed by atoms with E-state index in [9.17, 15) is 4.79 Å². The van der Waals surface area contributed by atoms with Crippen molar-refractivity contribution < 1.29 is 9.53 Å². The van der Waals surface area contributed by atoms with Gasteiger partial charge in [-0.05, 0) is 62.2 Å². The van der Waals surface area contributed by atoms with E-state index in [1.807, 2.05) is 63.8 Å². The van der Waals surface area contributed by atoms with E-state index in [0.717, 1.165) is 61.6 Å². The molecule has 7 nitrogen and oxygen atoms in total. The quantitative estimate of drug-likeness (QED) is 0.536. The number of carbonyl (C=O) groups is 1. The van der Waals surface area contributed by atoms with Crippen LogP contribution in [0.2, 0.25) is 0 Å². The van der Waals surface area contributed by atoms with Crippen LogP contribution in [0, 0.1) is 10.7 Å². The number of piperidine rings is 1. The van der Waals surface area contributed by atoms with Gasteiger partial charge in [0, 0.05) is 36.3 Å². The first-order valence-electron chi connectivity index (χ1n) is 11.5. The van der Waals surface area contributed by atoms with Gasteiger partial charge in [0.1, 0.15) is 5.75 Å². The Morgan fingerprint density at radius 3 is 2.55 bits per heavy atom. The van der Waals surface area contributed by atoms with Gasteiger partial charge in [-0.25, -0.2) is 4.68 Å². The molecule has 0 atom stereocenters. The molecule has 3 aromatic rings. The van der Waals surface area contributed by atoms with Crippen molar-refractivity contribution in [3.63, 3.8) is 0 Å². The van der Waals surface area contributed by atoms with Gasteiger partial charge in [0.2, 0.25) is 10.7 Å². The van der Waals surface area contributed by atoms with Gasteiger partial charge >= 0.3 is 0 Å². The SMILES string of the molecule is COc1cccc(-c2nn(CN3CCC(C(=O)NC4CC4)CC3)c(=S)n2-c2ccccc2)c1. The Hall–Kier alpha value is -2.97. The summed E-state index contributed by atoms with van der Waals surface area (Å²) in [5, 5.41) is 8.08. The van der Waals surface area contributed by atoms with Crippen molar-refractivity contribution in [3.8, 4) is 22.8 Å². The molecule has 2 heterocycles. The summed E-state index contributed by atoms with van der Waals surface area (Å²) in [4.78, 5) is 14.7. The molecule has 2 fully saturated rings. The highest BCUT2D eigenvalue weighted by molar-refractivity contribution is 7.71. The first-order chi connectivity index (χ1) is 16.1. The van der Waals surface area contributed by atoms with Crippen molar-refractivity contribution in [3.05, 3.63) is 59.4 Å². The minimum atomic E-state index is 0.115. The molecule has 0 bridgehead atoms. The highest BCUT2D eigenvalue weighted by atomic mass is 32.1. The number of likely N-dealkylation sites (tertiary alicyclic amines) is 1. The predicted molar refractivity (Wildman–Crippen MR) is 130 cm³/mol. The molecule has 0 spiro atoms. The molecule has 172 valence electrons. The molecule has 2 aromatic carbocycles. The van der Waals surface area contributed by atoms with E-state index in [0.29, 0.717) is 17.5 Å². The number of rotatable bonds is 7. The van der Waals surface area contributed by atoms with Crippen molar-refractivity contribution in [1.29, 1.82) is 0 Å². The molecule has 1 saturated carbocycles. The Balaban J connectivity index is 1.38. The number of nitrogens with one attached hydrogen (secondary N) is 1. The lowest BCUT2D eigenvalue weighted by atomic mass is 9.96. The fourth-order valence-corrected chi connectivity index (χ4v) is 4.62. The van der Waals surface area contributed by atoms with Crippen molar-refractivity contribution >= 4 is 18.1 Å². The summed E-state index contributed by atoms with van der Waals surface area (Å²) < 4.78 is 9.98. The van der Waals surface area contributed by atoms with E-state index in [1.54, 1.807) is 7.11 Å². The van der Waals surface area contributed by atoms with Crippen LogP contribution in [0.3, 0.4) is 0 Å². The number of aromatic nitrogens is 3. The average molecular weight is 464 g/mol. The second-order valence-electron chi connectivity index (χ2n) is 8.83. The van der Waals surface area contributed by atoms with Crippen LogP contribution in [0.25, 0.3) is 17.1 Å². The van der Waals surface area contributed by atoms with Gasteiger partial charge in [0.15, 0.2) is 5.82 Å². The summed E-state index contributed by atoms with van der Waals surface area (Å²) in [7, 11) is 1.66. The zero-order chi connectivity index (χ0) is 22.8. The van der Waals surface area contributed by atoms with Crippen molar-refractivity contribution in [2.24, 2.45) is 5.92 Å². The Morgan fingerprint density at radius 2 is 1.85 bits per heavy atom. The zero-order valence-corrected chi connectivity index (χ0v) is 19.6. The van der Waals surface area contributed by atoms with E-state index in [4.69, 9.17) is 22.1 Å². The lowest BCUT2D eigenvalue weighted by molar-refractivity contribution is -0.126. The minimum absolute atomic E-state index is 0.115. The molecule has 0 unspecified atom stereocenters. The molecule has 1 N–H and O–H groups in total. The molecular weight excluding hydrogens is 434 g/mol. The van der Waals surface area contributed by atoms with Crippen molar-refractivity contribution in [2.45, 2.75) is 38.4 Å². The average Bonchev–Trinajstić information content (AvgIpc) is 3.62. The molecule has 1 aliphatic carbocycles. The van der Waals surface area contributed by atoms with Gasteiger partial charge in [-0.15, -0.1) is 5.10 Å². The molecule has 0 radical (unpaired) electrons. The Morgan fingerprint density at radius 1 is 1.09 bits per heavy atom. The number of amides is 1. The van der Waals surface area contributed by atoms with Gasteiger partial charge in [-0.1, -0.05) is 30.3 Å². The van der Waals surface area contributed by atoms with Gasteiger partial charge < -0.3 is 10.1 Å². The summed E-state index contributed by atoms with van der Waals surface area (Å²) in [6.07, 6.45) is 3.99. The topological polar surface area (TPSA) is 64.3 Å². The fraction of sp³-hybridized carbons (Fsp3) is 0.400. The molecule has 33 heavy (non-hydrogen) atoms. The Bertz CT molecular complexity index is 1180. The smallest absolute Gasteiger partial charge is 0.223 e. The second kappa shape index (κ2) is 9.49. The number of hydrogen-bond donors (Lipinski definition) is 1. The van der Waals surface area contributed by atoms with Crippen LogP contribution in [0.1, 0.15) is 25.7 Å². The highest BCUT2D eigenvalue weighted by Gasteiger charge is 2.30. The van der Waals surface area contributed by atoms with Gasteiger partial charge in [-0.2, -0.15) is 0 Å². The summed E-state index contributed by atoms with van der Waals surface area (Å²) in [6.45, 7) is 2.32. The van der Waals surface area contributed by atoms with E-state index in [2.05, 4.69) is 10.2 Å². The normalized spacial score (nSPS) is 17.1. The van der Waals surface area contributed by atoms with Crippen LogP contribution in [-0.4, -0.2) is 51.4 Å². The second-order valence-corrected chi connectivity index (χ2v) is 9.19. The third kappa shape index (κ3) is 4.86. The van der Waals surface area contributed by atoms with E-state index >= 15 is 0 Å². The predicted octanol–water partition coefficient (Wildman–Crippen LogP) is 4.03. The first kappa shape index (κ1) is 21.9. The lowest BCUT2D eigenvalue weighted by Gasteiger charge is -2.30.